The fourth-order valence-electron chi connectivity index (χ4n) is 3.30. The van der Waals surface area contributed by atoms with Crippen molar-refractivity contribution < 1.29 is 37.1 Å². The van der Waals surface area contributed by atoms with Crippen molar-refractivity contribution in [1.82, 2.24) is 26.6 Å². The molecule has 36 heavy (non-hydrogen) atoms. The molecule has 9 nitrogen and oxygen atoms in total. The summed E-state index contributed by atoms with van der Waals surface area (Å²) >= 11 is 0. The second-order valence-electron chi connectivity index (χ2n) is 7.81. The number of hydrogen-bond donors (Lipinski definition) is 5. The van der Waals surface area contributed by atoms with E-state index in [4.69, 9.17) is 0 Å². The van der Waals surface area contributed by atoms with Crippen LogP contribution >= 0.6 is 0 Å². The molecule has 1 atom stereocenters. The lowest BCUT2D eigenvalue weighted by molar-refractivity contribution is -0.141. The van der Waals surface area contributed by atoms with Crippen molar-refractivity contribution in [3.63, 3.8) is 0 Å². The average Bonchev–Trinajstić information content (AvgIpc) is 3.30. The number of hydrazine groups is 2. The molecule has 2 aromatic carbocycles. The number of benzene rings is 2. The van der Waals surface area contributed by atoms with E-state index >= 15 is 0 Å². The van der Waals surface area contributed by atoms with Gasteiger partial charge in [-0.15, -0.1) is 5.53 Å². The van der Waals surface area contributed by atoms with Crippen LogP contribution in [-0.4, -0.2) is 47.0 Å². The van der Waals surface area contributed by atoms with Crippen molar-refractivity contribution in [2.24, 2.45) is 0 Å². The molecule has 1 aliphatic rings. The predicted molar refractivity (Wildman–Crippen MR) is 119 cm³/mol. The van der Waals surface area contributed by atoms with Gasteiger partial charge in [-0.3, -0.25) is 20.0 Å². The van der Waals surface area contributed by atoms with Gasteiger partial charge in [0.05, 0.1) is 17.7 Å². The summed E-state index contributed by atoms with van der Waals surface area (Å²) in [7, 11) is 0. The van der Waals surface area contributed by atoms with Gasteiger partial charge >= 0.3 is 12.1 Å². The number of alkyl halides is 3. The number of amides is 2. The quantitative estimate of drug-likeness (QED) is 0.310. The summed E-state index contributed by atoms with van der Waals surface area (Å²) in [4.78, 5) is 36.1. The minimum Gasteiger partial charge on any atom is -0.480 e. The van der Waals surface area contributed by atoms with Crippen molar-refractivity contribution in [3.8, 4) is 0 Å². The van der Waals surface area contributed by atoms with E-state index in [1.165, 1.54) is 11.2 Å². The van der Waals surface area contributed by atoms with Crippen LogP contribution in [0, 0.1) is 5.82 Å². The van der Waals surface area contributed by atoms with Gasteiger partial charge in [0.25, 0.3) is 11.8 Å². The molecule has 0 radical (unpaired) electrons. The van der Waals surface area contributed by atoms with Crippen LogP contribution in [0.2, 0.25) is 0 Å². The molecule has 0 aliphatic carbocycles. The lowest BCUT2D eigenvalue weighted by Crippen LogP contribution is -2.45. The van der Waals surface area contributed by atoms with E-state index in [2.05, 4.69) is 21.6 Å². The van der Waals surface area contributed by atoms with E-state index in [-0.39, 0.29) is 31.3 Å². The molecule has 3 rings (SSSR count). The van der Waals surface area contributed by atoms with E-state index in [0.29, 0.717) is 12.5 Å². The Morgan fingerprint density at radius 1 is 1.06 bits per heavy atom. The highest BCUT2D eigenvalue weighted by Crippen LogP contribution is 2.30. The number of carboxylic acid groups (broad SMARTS) is 1. The number of rotatable bonds is 10. The number of aliphatic carboxylic acids is 1. The van der Waals surface area contributed by atoms with Crippen LogP contribution in [-0.2, 0) is 22.2 Å². The number of nitrogens with zero attached hydrogens (tertiary/aromatic N) is 1. The highest BCUT2D eigenvalue weighted by Gasteiger charge is 2.31. The molecule has 5 N–H and O–H groups in total. The van der Waals surface area contributed by atoms with Gasteiger partial charge in [0, 0.05) is 12.7 Å². The maximum atomic E-state index is 13.9. The largest absolute Gasteiger partial charge is 0.480 e. The first-order valence-electron chi connectivity index (χ1n) is 10.8. The molecule has 0 saturated heterocycles. The van der Waals surface area contributed by atoms with Crippen LogP contribution in [0.3, 0.4) is 0 Å². The third-order valence-electron chi connectivity index (χ3n) is 5.21. The van der Waals surface area contributed by atoms with Crippen molar-refractivity contribution >= 4 is 17.8 Å². The highest BCUT2D eigenvalue weighted by atomic mass is 19.4. The minimum atomic E-state index is -4.73. The summed E-state index contributed by atoms with van der Waals surface area (Å²) in [6, 6.07) is 9.72. The first-order valence-corrected chi connectivity index (χ1v) is 10.8. The van der Waals surface area contributed by atoms with Crippen LogP contribution in [0.4, 0.5) is 17.6 Å². The first-order chi connectivity index (χ1) is 17.0. The second-order valence-corrected chi connectivity index (χ2v) is 7.81. The van der Waals surface area contributed by atoms with Crippen LogP contribution in [0.25, 0.3) is 0 Å². The van der Waals surface area contributed by atoms with E-state index in [9.17, 15) is 37.1 Å². The molecular formula is C23H23F4N5O4. The summed E-state index contributed by atoms with van der Waals surface area (Å²) < 4.78 is 51.8. The molecular weight excluding hydrogens is 486 g/mol. The standard InChI is InChI=1S/C23H23F4N5O4/c24-17-12-15(23(25,26)27)7-8-16(17)20(33)28-10-11-32-13-19(30-31-32)21(34)29-18(22(35)36)9-6-14-4-2-1-3-5-14/h1-5,7-8,12-13,18,30-31H,6,9-11H2,(H,28,33)(H,29,34)(H,35,36)/t18-/m0/s1. The molecule has 1 aliphatic heterocycles. The average molecular weight is 509 g/mol. The number of carboxylic acids is 1. The van der Waals surface area contributed by atoms with Crippen molar-refractivity contribution in [2.75, 3.05) is 13.1 Å². The molecule has 0 saturated carbocycles. The molecule has 0 aromatic heterocycles. The molecule has 0 bridgehead atoms. The van der Waals surface area contributed by atoms with E-state index in [1.54, 1.807) is 0 Å². The normalized spacial score (nSPS) is 14.0. The number of aryl methyl sites for hydroxylation is 1. The first kappa shape index (κ1) is 26.5. The monoisotopic (exact) mass is 509 g/mol. The molecule has 1 heterocycles. The van der Waals surface area contributed by atoms with Gasteiger partial charge in [-0.05, 0) is 36.6 Å². The Bertz CT molecular complexity index is 1140. The van der Waals surface area contributed by atoms with Crippen LogP contribution < -0.4 is 21.6 Å². The van der Waals surface area contributed by atoms with E-state index in [1.807, 2.05) is 30.3 Å². The van der Waals surface area contributed by atoms with Crippen LogP contribution in [0.1, 0.15) is 27.9 Å². The minimum absolute atomic E-state index is 0.0288. The molecule has 13 heteroatoms. The lowest BCUT2D eigenvalue weighted by Gasteiger charge is -2.15. The van der Waals surface area contributed by atoms with Crippen molar-refractivity contribution in [3.05, 3.63) is 82.9 Å². The fourth-order valence-corrected chi connectivity index (χ4v) is 3.30. The Hall–Kier alpha value is -4.13. The number of hydrogen-bond acceptors (Lipinski definition) is 6. The molecule has 192 valence electrons. The predicted octanol–water partition coefficient (Wildman–Crippen LogP) is 1.94. The Morgan fingerprint density at radius 2 is 1.78 bits per heavy atom. The zero-order valence-corrected chi connectivity index (χ0v) is 18.7. The maximum absolute atomic E-state index is 13.9. The number of nitrogens with one attached hydrogen (secondary N) is 4. The van der Waals surface area contributed by atoms with Gasteiger partial charge in [-0.2, -0.15) is 13.2 Å². The zero-order chi connectivity index (χ0) is 26.3. The Balaban J connectivity index is 1.48. The summed E-state index contributed by atoms with van der Waals surface area (Å²) in [6.07, 6.45) is -2.75. The zero-order valence-electron chi connectivity index (χ0n) is 18.7. The molecule has 2 amide bonds. The lowest BCUT2D eigenvalue weighted by atomic mass is 10.1. The molecule has 0 fully saturated rings. The second kappa shape index (κ2) is 11.5. The van der Waals surface area contributed by atoms with Crippen LogP contribution in [0.15, 0.2) is 60.4 Å². The maximum Gasteiger partial charge on any atom is 0.416 e. The number of halogens is 4. The third kappa shape index (κ3) is 7.18. The summed E-state index contributed by atoms with van der Waals surface area (Å²) in [5, 5.41) is 15.6. The van der Waals surface area contributed by atoms with Crippen LogP contribution in [0.5, 0.6) is 0 Å². The topological polar surface area (TPSA) is 123 Å². The molecule has 2 aromatic rings. The smallest absolute Gasteiger partial charge is 0.416 e. The van der Waals surface area contributed by atoms with Gasteiger partial charge < -0.3 is 15.7 Å². The van der Waals surface area contributed by atoms with Gasteiger partial charge in [0.2, 0.25) is 0 Å². The molecule has 0 unspecified atom stereocenters. The summed E-state index contributed by atoms with van der Waals surface area (Å²) in [6.45, 7) is 0.0440. The van der Waals surface area contributed by atoms with Gasteiger partial charge in [0.1, 0.15) is 17.6 Å². The van der Waals surface area contributed by atoms with Crippen molar-refractivity contribution in [1.29, 1.82) is 0 Å². The summed E-state index contributed by atoms with van der Waals surface area (Å²) in [5.41, 5.74) is 4.42. The number of carbonyl (C=O) groups excluding carboxylic acids is 2. The van der Waals surface area contributed by atoms with E-state index < -0.39 is 46.9 Å². The SMILES string of the molecule is O=C(N[C@@H](CCc1ccccc1)C(=O)O)C1=CN(CCNC(=O)c2ccc(C(F)(F)F)cc2F)NN1. The van der Waals surface area contributed by atoms with E-state index in [0.717, 1.165) is 11.6 Å². The number of carbonyl (C=O) groups is 3. The fraction of sp³-hybridized carbons (Fsp3) is 0.261. The molecule has 0 spiro atoms. The third-order valence-corrected chi connectivity index (χ3v) is 5.21. The Morgan fingerprint density at radius 3 is 2.42 bits per heavy atom. The Kier molecular flexibility index (Phi) is 8.48. The van der Waals surface area contributed by atoms with Gasteiger partial charge in [-0.25, -0.2) is 9.18 Å². The van der Waals surface area contributed by atoms with Gasteiger partial charge in [0.15, 0.2) is 0 Å². The Labute approximate surface area is 203 Å². The highest BCUT2D eigenvalue weighted by molar-refractivity contribution is 5.95. The summed E-state index contributed by atoms with van der Waals surface area (Å²) in [5.74, 6) is -4.05. The van der Waals surface area contributed by atoms with Crippen molar-refractivity contribution in [2.45, 2.75) is 25.1 Å². The van der Waals surface area contributed by atoms with Gasteiger partial charge in [-0.1, -0.05) is 30.3 Å².